The molecule has 3 aliphatic rings. The quantitative estimate of drug-likeness (QED) is 0.388. The van der Waals surface area contributed by atoms with Crippen LogP contribution in [0.2, 0.25) is 0 Å². The minimum Gasteiger partial charge on any atom is -1.00 e. The van der Waals surface area contributed by atoms with Crippen molar-refractivity contribution in [3.63, 3.8) is 0 Å². The minimum atomic E-state index is -1.06. The van der Waals surface area contributed by atoms with E-state index in [1.165, 1.54) is 47.7 Å². The Balaban J connectivity index is 0.00000116. The van der Waals surface area contributed by atoms with Gasteiger partial charge < -0.3 is 24.8 Å². The number of allylic oxidation sites excluding steroid dienone is 5. The molecule has 156 valence electrons. The molecule has 0 saturated heterocycles. The molecule has 4 heteroatoms. The van der Waals surface area contributed by atoms with Crippen molar-refractivity contribution >= 4 is 22.7 Å². The van der Waals surface area contributed by atoms with Gasteiger partial charge >= 0.3 is 185 Å². The zero-order valence-corrected chi connectivity index (χ0v) is 23.0. The monoisotopic (exact) mass is 613 g/mol. The third-order valence-electron chi connectivity index (χ3n) is 7.07. The number of para-hydroxylation sites is 1. The number of hydrogen-bond donors (Lipinski definition) is 0. The molecule has 0 amide bonds. The third-order valence-corrected chi connectivity index (χ3v) is 13.6. The zero-order valence-electron chi connectivity index (χ0n) is 17.9. The smallest absolute Gasteiger partial charge is 1.00 e. The molecule has 1 atom stereocenters. The first-order chi connectivity index (χ1) is 14.2. The van der Waals surface area contributed by atoms with Crippen molar-refractivity contribution in [3.8, 4) is 0 Å². The Morgan fingerprint density at radius 2 is 1.71 bits per heavy atom. The predicted molar refractivity (Wildman–Crippen MR) is 118 cm³/mol. The van der Waals surface area contributed by atoms with Gasteiger partial charge in [-0.05, 0) is 0 Å². The summed E-state index contributed by atoms with van der Waals surface area (Å²) in [5, 5.41) is 1.48. The molecule has 0 spiro atoms. The first-order valence-corrected chi connectivity index (χ1v) is 14.6. The van der Waals surface area contributed by atoms with Crippen LogP contribution in [0.4, 0.5) is 0 Å². The second-order valence-electron chi connectivity index (χ2n) is 8.60. The Morgan fingerprint density at radius 3 is 2.52 bits per heavy atom. The van der Waals surface area contributed by atoms with E-state index in [9.17, 15) is 0 Å². The molecule has 0 saturated carbocycles. The summed E-state index contributed by atoms with van der Waals surface area (Å²) < 4.78 is 5.12. The fraction of sp³-hybridized carbons (Fsp3) is 0.259. The first-order valence-electron chi connectivity index (χ1n) is 10.8. The van der Waals surface area contributed by atoms with Crippen LogP contribution < -0.4 is 24.8 Å². The van der Waals surface area contributed by atoms with Crippen LogP contribution in [-0.4, -0.2) is 4.57 Å². The number of benzene rings is 2. The Labute approximate surface area is 208 Å². The second kappa shape index (κ2) is 8.89. The first kappa shape index (κ1) is 22.8. The number of aryl methyl sites for hydroxylation is 1. The number of rotatable bonds is 3. The van der Waals surface area contributed by atoms with Gasteiger partial charge in [-0.15, -0.1) is 0 Å². The van der Waals surface area contributed by atoms with E-state index in [0.717, 1.165) is 0 Å². The van der Waals surface area contributed by atoms with E-state index in [2.05, 4.69) is 79.1 Å². The number of halogens is 2. The summed E-state index contributed by atoms with van der Waals surface area (Å²) in [5.41, 5.74) is 12.3. The Kier molecular flexibility index (Phi) is 6.54. The second-order valence-corrected chi connectivity index (χ2v) is 13.9. The van der Waals surface area contributed by atoms with Gasteiger partial charge in [0, 0.05) is 0 Å². The van der Waals surface area contributed by atoms with Gasteiger partial charge in [0.05, 0.1) is 0 Å². The molecule has 0 aliphatic heterocycles. The number of fused-ring (bicyclic) bond motifs is 4. The predicted octanol–water partition coefficient (Wildman–Crippen LogP) is 0.897. The summed E-state index contributed by atoms with van der Waals surface area (Å²) in [6, 6.07) is 18.3. The maximum Gasteiger partial charge on any atom is -1.00 e. The van der Waals surface area contributed by atoms with Gasteiger partial charge in [-0.25, -0.2) is 0 Å². The summed E-state index contributed by atoms with van der Waals surface area (Å²) in [7, 11) is 0. The van der Waals surface area contributed by atoms with Gasteiger partial charge in [0.2, 0.25) is 0 Å². The van der Waals surface area contributed by atoms with Crippen LogP contribution in [0.3, 0.4) is 0 Å². The molecule has 0 N–H and O–H groups in total. The molecule has 31 heavy (non-hydrogen) atoms. The van der Waals surface area contributed by atoms with E-state index in [1.807, 2.05) is 3.33 Å². The maximum absolute atomic E-state index is 2.68. The van der Waals surface area contributed by atoms with E-state index < -0.39 is 22.9 Å². The topological polar surface area (TPSA) is 4.93 Å². The van der Waals surface area contributed by atoms with Crippen LogP contribution in [0.15, 0.2) is 69.1 Å². The molecule has 0 bridgehead atoms. The van der Waals surface area contributed by atoms with Gasteiger partial charge in [-0.2, -0.15) is 0 Å². The molecule has 2 aromatic carbocycles. The molecule has 1 nitrogen and oxygen atoms in total. The van der Waals surface area contributed by atoms with E-state index >= 15 is 0 Å². The van der Waals surface area contributed by atoms with E-state index in [1.54, 1.807) is 28.1 Å². The standard InChI is InChI=1S/C20H16N.C7H9.2ClH.Hf/c1-2-7-15-13-16(12-14(15)6-1)21-19-10-4-3-8-17(19)18-9-5-11-20(18)21;1-6-4-3-5-7(6)2;;;/h1-4,6-8,10,12-13H,5,9,11H2;4H,3H2,1-2H3;2*1H;/q;;;;+2/p-2. The normalized spacial score (nSPS) is 18.7. The summed E-state index contributed by atoms with van der Waals surface area (Å²) in [5.74, 6) is 0. The van der Waals surface area contributed by atoms with Crippen LogP contribution in [0, 0.1) is 0 Å². The summed E-state index contributed by atoms with van der Waals surface area (Å²) in [4.78, 5) is 0. The Bertz CT molecular complexity index is 1260. The third kappa shape index (κ3) is 3.56. The molecule has 0 radical (unpaired) electrons. The van der Waals surface area contributed by atoms with Crippen molar-refractivity contribution in [3.05, 3.63) is 91.5 Å². The molecule has 1 heterocycles. The van der Waals surface area contributed by atoms with Gasteiger partial charge in [0.15, 0.2) is 0 Å². The fourth-order valence-corrected chi connectivity index (χ4v) is 11.7. The van der Waals surface area contributed by atoms with Crippen molar-refractivity contribution in [2.24, 2.45) is 0 Å². The molecule has 3 aromatic rings. The average Bonchev–Trinajstić information content (AvgIpc) is 3.48. The van der Waals surface area contributed by atoms with Gasteiger partial charge in [0.1, 0.15) is 0 Å². The van der Waals surface area contributed by atoms with Crippen molar-refractivity contribution in [1.82, 2.24) is 4.57 Å². The molecular weight excluding hydrogens is 588 g/mol. The number of hydrogen-bond acceptors (Lipinski definition) is 0. The van der Waals surface area contributed by atoms with E-state index in [0.29, 0.717) is 3.67 Å². The number of nitrogens with zero attached hydrogens (tertiary/aromatic N) is 1. The van der Waals surface area contributed by atoms with Crippen LogP contribution in [0.5, 0.6) is 0 Å². The minimum absolute atomic E-state index is 0. The van der Waals surface area contributed by atoms with Crippen LogP contribution in [0.1, 0.15) is 52.7 Å². The average molecular weight is 613 g/mol. The van der Waals surface area contributed by atoms with Crippen molar-refractivity contribution < 1.29 is 47.7 Å². The number of aromatic nitrogens is 1. The van der Waals surface area contributed by atoms with E-state index in [4.69, 9.17) is 0 Å². The summed E-state index contributed by atoms with van der Waals surface area (Å²) in [6.45, 7) is 4.64. The zero-order chi connectivity index (χ0) is 19.5. The fourth-order valence-electron chi connectivity index (χ4n) is 5.42. The van der Waals surface area contributed by atoms with Crippen molar-refractivity contribution in [1.29, 1.82) is 0 Å². The molecule has 1 aromatic heterocycles. The Hall–Kier alpha value is -1.35. The largest absolute Gasteiger partial charge is 1.00 e. The molecule has 3 aliphatic carbocycles. The van der Waals surface area contributed by atoms with Crippen LogP contribution in [-0.2, 0) is 35.7 Å². The molecule has 6 rings (SSSR count). The molecule has 1 unspecified atom stereocenters. The van der Waals surface area contributed by atoms with E-state index in [-0.39, 0.29) is 24.8 Å². The van der Waals surface area contributed by atoms with Crippen LogP contribution in [0.25, 0.3) is 22.7 Å². The van der Waals surface area contributed by atoms with Gasteiger partial charge in [0.25, 0.3) is 0 Å². The summed E-state index contributed by atoms with van der Waals surface area (Å²) in [6.07, 6.45) is 9.94. The van der Waals surface area contributed by atoms with Crippen molar-refractivity contribution in [2.45, 2.75) is 43.2 Å². The molecular formula is C27H25Cl2HfN. The molecule has 0 fully saturated rings. The van der Waals surface area contributed by atoms with Gasteiger partial charge in [-0.3, -0.25) is 0 Å². The van der Waals surface area contributed by atoms with Gasteiger partial charge in [-0.1, -0.05) is 0 Å². The maximum atomic E-state index is 2.68. The van der Waals surface area contributed by atoms with Crippen LogP contribution >= 0.6 is 0 Å². The Morgan fingerprint density at radius 1 is 0.935 bits per heavy atom. The van der Waals surface area contributed by atoms with Crippen molar-refractivity contribution in [2.75, 3.05) is 0 Å². The SMILES string of the molecule is CC1=CC[C]([Hf+2][CH]2C(n3c4c(c5ccccc53)CCC4)=Cc3ccccc32)=C1C.[Cl-].[Cl-]. The summed E-state index contributed by atoms with van der Waals surface area (Å²) >= 11 is -1.06.